The van der Waals surface area contributed by atoms with E-state index in [0.29, 0.717) is 35.3 Å². The molecule has 142 valence electrons. The number of hydrogen-bond donors (Lipinski definition) is 0. The Morgan fingerprint density at radius 1 is 1.19 bits per heavy atom. The molecule has 2 aromatic rings. The highest BCUT2D eigenvalue weighted by Crippen LogP contribution is 2.38. The number of nitrogens with zero attached hydrogens (tertiary/aromatic N) is 1. The van der Waals surface area contributed by atoms with Crippen LogP contribution in [-0.4, -0.2) is 38.2 Å². The molecule has 1 atom stereocenters. The summed E-state index contributed by atoms with van der Waals surface area (Å²) in [4.78, 5) is 26.2. The number of halogens is 1. The SMILES string of the molecule is CC(OC(=O)Cc1cc(Cl)c2c(c1)OCCO2)C(=O)N(C)c1ccccc1. The maximum absolute atomic E-state index is 12.5. The molecule has 0 saturated carbocycles. The number of carbonyl (C=O) groups is 2. The highest BCUT2D eigenvalue weighted by molar-refractivity contribution is 6.32. The summed E-state index contributed by atoms with van der Waals surface area (Å²) in [5.74, 6) is 0.150. The fourth-order valence-electron chi connectivity index (χ4n) is 2.77. The standard InChI is InChI=1S/C20H20ClNO5/c1-13(20(24)22(2)15-6-4-3-5-7-15)27-18(23)12-14-10-16(21)19-17(11-14)25-8-9-26-19/h3-7,10-11,13H,8-9,12H2,1-2H3. The number of carbonyl (C=O) groups excluding carboxylic acids is 2. The van der Waals surface area contributed by atoms with Crippen LogP contribution in [0.1, 0.15) is 12.5 Å². The van der Waals surface area contributed by atoms with Crippen LogP contribution in [0.3, 0.4) is 0 Å². The Morgan fingerprint density at radius 3 is 2.63 bits per heavy atom. The minimum absolute atomic E-state index is 0.0248. The highest BCUT2D eigenvalue weighted by Gasteiger charge is 2.23. The second kappa shape index (κ2) is 8.31. The van der Waals surface area contributed by atoms with E-state index < -0.39 is 12.1 Å². The monoisotopic (exact) mass is 389 g/mol. The summed E-state index contributed by atoms with van der Waals surface area (Å²) in [5.41, 5.74) is 1.36. The van der Waals surface area contributed by atoms with Crippen LogP contribution in [0.2, 0.25) is 5.02 Å². The minimum Gasteiger partial charge on any atom is -0.486 e. The Balaban J connectivity index is 1.62. The second-order valence-electron chi connectivity index (χ2n) is 6.14. The largest absolute Gasteiger partial charge is 0.486 e. The van der Waals surface area contributed by atoms with E-state index in [1.165, 1.54) is 4.90 Å². The Bertz CT molecular complexity index is 840. The van der Waals surface area contributed by atoms with Gasteiger partial charge in [0.15, 0.2) is 17.6 Å². The lowest BCUT2D eigenvalue weighted by molar-refractivity contribution is -0.153. The quantitative estimate of drug-likeness (QED) is 0.734. The van der Waals surface area contributed by atoms with Crippen LogP contribution in [0, 0.1) is 0 Å². The fourth-order valence-corrected chi connectivity index (χ4v) is 3.06. The molecular formula is C20H20ClNO5. The molecule has 27 heavy (non-hydrogen) atoms. The third-order valence-electron chi connectivity index (χ3n) is 4.14. The van der Waals surface area contributed by atoms with Crippen molar-refractivity contribution in [1.29, 1.82) is 0 Å². The van der Waals surface area contributed by atoms with Crippen molar-refractivity contribution in [2.45, 2.75) is 19.4 Å². The van der Waals surface area contributed by atoms with E-state index in [-0.39, 0.29) is 12.3 Å². The second-order valence-corrected chi connectivity index (χ2v) is 6.55. The Kier molecular flexibility index (Phi) is 5.86. The van der Waals surface area contributed by atoms with Gasteiger partial charge in [0.2, 0.25) is 0 Å². The molecule has 2 aromatic carbocycles. The molecule has 3 rings (SSSR count). The molecule has 0 radical (unpaired) electrons. The minimum atomic E-state index is -0.907. The molecule has 0 N–H and O–H groups in total. The Morgan fingerprint density at radius 2 is 1.89 bits per heavy atom. The molecule has 1 amide bonds. The van der Waals surface area contributed by atoms with Gasteiger partial charge in [0.25, 0.3) is 5.91 Å². The molecule has 0 saturated heterocycles. The van der Waals surface area contributed by atoms with Gasteiger partial charge in [-0.1, -0.05) is 29.8 Å². The molecule has 1 unspecified atom stereocenters. The highest BCUT2D eigenvalue weighted by atomic mass is 35.5. The molecule has 0 aromatic heterocycles. The van der Waals surface area contributed by atoms with Crippen LogP contribution in [0.4, 0.5) is 5.69 Å². The Hall–Kier alpha value is -2.73. The molecular weight excluding hydrogens is 370 g/mol. The van der Waals surface area contributed by atoms with Crippen LogP contribution in [0.5, 0.6) is 11.5 Å². The summed E-state index contributed by atoms with van der Waals surface area (Å²) < 4.78 is 16.3. The smallest absolute Gasteiger partial charge is 0.311 e. The first-order valence-corrected chi connectivity index (χ1v) is 8.93. The van der Waals surface area contributed by atoms with Gasteiger partial charge in [-0.2, -0.15) is 0 Å². The van der Waals surface area contributed by atoms with Gasteiger partial charge in [-0.05, 0) is 36.8 Å². The number of ether oxygens (including phenoxy) is 3. The summed E-state index contributed by atoms with van der Waals surface area (Å²) in [6.07, 6.45) is -0.932. The van der Waals surface area contributed by atoms with Crippen molar-refractivity contribution in [1.82, 2.24) is 0 Å². The lowest BCUT2D eigenvalue weighted by Crippen LogP contribution is -2.37. The average molecular weight is 390 g/mol. The van der Waals surface area contributed by atoms with Crippen molar-refractivity contribution in [2.24, 2.45) is 0 Å². The zero-order valence-corrected chi connectivity index (χ0v) is 15.9. The molecule has 1 aliphatic rings. The predicted octanol–water partition coefficient (Wildman–Crippen LogP) is 3.25. The topological polar surface area (TPSA) is 65.1 Å². The maximum atomic E-state index is 12.5. The van der Waals surface area contributed by atoms with Crippen LogP contribution in [-0.2, 0) is 20.7 Å². The van der Waals surface area contributed by atoms with Gasteiger partial charge in [0.05, 0.1) is 11.4 Å². The van der Waals surface area contributed by atoms with E-state index in [1.54, 1.807) is 26.1 Å². The van der Waals surface area contributed by atoms with Crippen LogP contribution in [0.15, 0.2) is 42.5 Å². The summed E-state index contributed by atoms with van der Waals surface area (Å²) in [6.45, 7) is 2.41. The number of rotatable bonds is 5. The lowest BCUT2D eigenvalue weighted by atomic mass is 10.1. The summed E-state index contributed by atoms with van der Waals surface area (Å²) >= 11 is 6.18. The van der Waals surface area contributed by atoms with Crippen LogP contribution >= 0.6 is 11.6 Å². The van der Waals surface area contributed by atoms with Crippen molar-refractivity contribution < 1.29 is 23.8 Å². The number of amides is 1. The molecule has 6 nitrogen and oxygen atoms in total. The van der Waals surface area contributed by atoms with E-state index in [4.69, 9.17) is 25.8 Å². The van der Waals surface area contributed by atoms with Gasteiger partial charge >= 0.3 is 5.97 Å². The molecule has 1 heterocycles. The third kappa shape index (κ3) is 4.52. The van der Waals surface area contributed by atoms with Gasteiger partial charge in [0, 0.05) is 12.7 Å². The molecule has 0 spiro atoms. The number of fused-ring (bicyclic) bond motifs is 1. The number of anilines is 1. The fraction of sp³-hybridized carbons (Fsp3) is 0.300. The first-order chi connectivity index (χ1) is 13.0. The van der Waals surface area contributed by atoms with Gasteiger partial charge in [-0.15, -0.1) is 0 Å². The summed E-state index contributed by atoms with van der Waals surface area (Å²) in [6, 6.07) is 12.5. The molecule has 1 aliphatic heterocycles. The first kappa shape index (κ1) is 19.0. The summed E-state index contributed by atoms with van der Waals surface area (Å²) in [7, 11) is 1.64. The average Bonchev–Trinajstić information content (AvgIpc) is 2.67. The lowest BCUT2D eigenvalue weighted by Gasteiger charge is -2.22. The van der Waals surface area contributed by atoms with Gasteiger partial charge in [-0.3, -0.25) is 9.59 Å². The van der Waals surface area contributed by atoms with Gasteiger partial charge in [-0.25, -0.2) is 0 Å². The van der Waals surface area contributed by atoms with Crippen LogP contribution in [0.25, 0.3) is 0 Å². The van der Waals surface area contributed by atoms with Crippen LogP contribution < -0.4 is 14.4 Å². The van der Waals surface area contributed by atoms with Crippen molar-refractivity contribution in [2.75, 3.05) is 25.2 Å². The van der Waals surface area contributed by atoms with Crippen molar-refractivity contribution >= 4 is 29.2 Å². The van der Waals surface area contributed by atoms with E-state index in [0.717, 1.165) is 5.69 Å². The number of benzene rings is 2. The molecule has 0 fully saturated rings. The predicted molar refractivity (Wildman–Crippen MR) is 102 cm³/mol. The maximum Gasteiger partial charge on any atom is 0.311 e. The first-order valence-electron chi connectivity index (χ1n) is 8.56. The van der Waals surface area contributed by atoms with E-state index in [1.807, 2.05) is 30.3 Å². The third-order valence-corrected chi connectivity index (χ3v) is 4.42. The van der Waals surface area contributed by atoms with E-state index >= 15 is 0 Å². The summed E-state index contributed by atoms with van der Waals surface area (Å²) in [5, 5.41) is 0.378. The zero-order chi connectivity index (χ0) is 19.4. The van der Waals surface area contributed by atoms with E-state index in [2.05, 4.69) is 0 Å². The van der Waals surface area contributed by atoms with E-state index in [9.17, 15) is 9.59 Å². The van der Waals surface area contributed by atoms with Gasteiger partial charge < -0.3 is 19.1 Å². The zero-order valence-electron chi connectivity index (χ0n) is 15.1. The number of para-hydroxylation sites is 1. The van der Waals surface area contributed by atoms with Crippen molar-refractivity contribution in [3.05, 3.63) is 53.1 Å². The molecule has 0 aliphatic carbocycles. The van der Waals surface area contributed by atoms with Crippen molar-refractivity contribution in [3.63, 3.8) is 0 Å². The Labute approximate surface area is 162 Å². The molecule has 7 heteroatoms. The number of hydrogen-bond acceptors (Lipinski definition) is 5. The number of esters is 1. The van der Waals surface area contributed by atoms with Crippen molar-refractivity contribution in [3.8, 4) is 11.5 Å². The number of likely N-dealkylation sites (N-methyl/N-ethyl adjacent to an activating group) is 1. The molecule has 0 bridgehead atoms. The van der Waals surface area contributed by atoms with Gasteiger partial charge in [0.1, 0.15) is 13.2 Å². The normalized spacial score (nSPS) is 13.6.